The third kappa shape index (κ3) is 6.17. The van der Waals surface area contributed by atoms with Gasteiger partial charge in [0.15, 0.2) is 11.5 Å². The van der Waals surface area contributed by atoms with Gasteiger partial charge >= 0.3 is 12.0 Å². The molecule has 1 fully saturated rings. The van der Waals surface area contributed by atoms with Crippen LogP contribution in [0, 0.1) is 5.92 Å². The molecule has 162 valence electrons. The van der Waals surface area contributed by atoms with Gasteiger partial charge in [0.1, 0.15) is 0 Å². The number of nitrogens with one attached hydrogen (secondary N) is 1. The average molecular weight is 408 g/mol. The van der Waals surface area contributed by atoms with E-state index in [1.807, 2.05) is 20.8 Å². The number of hydrogen-bond acceptors (Lipinski definition) is 6. The Morgan fingerprint density at radius 3 is 1.97 bits per heavy atom. The van der Waals surface area contributed by atoms with E-state index in [-0.39, 0.29) is 17.9 Å². The second-order valence-electron chi connectivity index (χ2n) is 6.54. The molecule has 0 radical (unpaired) electrons. The number of piperidine rings is 1. The van der Waals surface area contributed by atoms with Crippen LogP contribution in [0.2, 0.25) is 0 Å². The number of nitrogens with zero attached hydrogens (tertiary/aromatic N) is 1. The van der Waals surface area contributed by atoms with Gasteiger partial charge in [-0.1, -0.05) is 0 Å². The van der Waals surface area contributed by atoms with Crippen LogP contribution in [0.25, 0.3) is 0 Å². The van der Waals surface area contributed by atoms with Gasteiger partial charge in [-0.2, -0.15) is 0 Å². The van der Waals surface area contributed by atoms with Gasteiger partial charge in [-0.05, 0) is 40.5 Å². The molecule has 1 saturated heterocycles. The summed E-state index contributed by atoms with van der Waals surface area (Å²) in [6.07, 6.45) is 1.20. The topological polar surface area (TPSA) is 86.3 Å². The van der Waals surface area contributed by atoms with Crippen LogP contribution < -0.4 is 19.5 Å². The number of anilines is 1. The van der Waals surface area contributed by atoms with Gasteiger partial charge < -0.3 is 29.2 Å². The lowest BCUT2D eigenvalue weighted by Crippen LogP contribution is -2.42. The Labute approximate surface area is 172 Å². The highest BCUT2D eigenvalue weighted by Gasteiger charge is 2.28. The molecule has 8 heteroatoms. The van der Waals surface area contributed by atoms with Crippen LogP contribution in [0.1, 0.15) is 40.5 Å². The minimum Gasteiger partial charge on any atom is -0.490 e. The molecule has 0 unspecified atom stereocenters. The maximum Gasteiger partial charge on any atom is 0.321 e. The summed E-state index contributed by atoms with van der Waals surface area (Å²) in [5.74, 6) is 1.26. The first-order valence-electron chi connectivity index (χ1n) is 10.3. The van der Waals surface area contributed by atoms with Crippen molar-refractivity contribution in [3.8, 4) is 17.2 Å². The van der Waals surface area contributed by atoms with Crippen molar-refractivity contribution in [2.75, 3.05) is 44.8 Å². The van der Waals surface area contributed by atoms with E-state index < -0.39 is 0 Å². The first kappa shape index (κ1) is 22.6. The summed E-state index contributed by atoms with van der Waals surface area (Å²) in [5.41, 5.74) is 0.567. The number of hydrogen-bond donors (Lipinski definition) is 1. The Hall–Kier alpha value is -2.64. The highest BCUT2D eigenvalue weighted by Crippen LogP contribution is 2.41. The third-order valence-corrected chi connectivity index (χ3v) is 4.56. The molecule has 2 amide bonds. The van der Waals surface area contributed by atoms with Gasteiger partial charge in [0.05, 0.1) is 38.0 Å². The lowest BCUT2D eigenvalue weighted by molar-refractivity contribution is -0.149. The summed E-state index contributed by atoms with van der Waals surface area (Å²) in [7, 11) is 0. The van der Waals surface area contributed by atoms with Crippen LogP contribution in [0.15, 0.2) is 12.1 Å². The summed E-state index contributed by atoms with van der Waals surface area (Å²) < 4.78 is 22.1. The average Bonchev–Trinajstić information content (AvgIpc) is 2.71. The van der Waals surface area contributed by atoms with E-state index in [1.54, 1.807) is 24.0 Å². The predicted molar refractivity (Wildman–Crippen MR) is 110 cm³/mol. The minimum absolute atomic E-state index is 0.140. The SMILES string of the molecule is CCOC(=O)C1CCN(C(=O)Nc2cc(OCC)c(OCC)c(OCC)c2)CC1. The van der Waals surface area contributed by atoms with Gasteiger partial charge in [-0.25, -0.2) is 4.79 Å². The molecule has 1 heterocycles. The summed E-state index contributed by atoms with van der Waals surface area (Å²) in [5, 5.41) is 2.90. The number of amides is 2. The van der Waals surface area contributed by atoms with E-state index in [9.17, 15) is 9.59 Å². The van der Waals surface area contributed by atoms with E-state index >= 15 is 0 Å². The van der Waals surface area contributed by atoms with Crippen molar-refractivity contribution in [2.24, 2.45) is 5.92 Å². The first-order chi connectivity index (χ1) is 14.0. The predicted octanol–water partition coefficient (Wildman–Crippen LogP) is 3.69. The van der Waals surface area contributed by atoms with Gasteiger partial charge in [0.25, 0.3) is 0 Å². The normalized spacial score (nSPS) is 14.3. The minimum atomic E-state index is -0.221. The van der Waals surface area contributed by atoms with Crippen molar-refractivity contribution >= 4 is 17.7 Å². The van der Waals surface area contributed by atoms with E-state index in [1.165, 1.54) is 0 Å². The number of likely N-dealkylation sites (tertiary alicyclic amines) is 1. The quantitative estimate of drug-likeness (QED) is 0.627. The molecule has 2 rings (SSSR count). The van der Waals surface area contributed by atoms with E-state index in [0.29, 0.717) is 75.3 Å². The number of rotatable bonds is 9. The molecule has 1 aromatic carbocycles. The Morgan fingerprint density at radius 2 is 1.48 bits per heavy atom. The molecular formula is C21H32N2O6. The zero-order chi connectivity index (χ0) is 21.2. The smallest absolute Gasteiger partial charge is 0.321 e. The third-order valence-electron chi connectivity index (χ3n) is 4.56. The fourth-order valence-electron chi connectivity index (χ4n) is 3.24. The molecule has 0 spiro atoms. The number of carbonyl (C=O) groups is 2. The van der Waals surface area contributed by atoms with Crippen LogP contribution in [0.4, 0.5) is 10.5 Å². The highest BCUT2D eigenvalue weighted by molar-refractivity contribution is 5.90. The van der Waals surface area contributed by atoms with Crippen molar-refractivity contribution in [2.45, 2.75) is 40.5 Å². The van der Waals surface area contributed by atoms with Gasteiger partial charge in [0.2, 0.25) is 5.75 Å². The molecule has 0 saturated carbocycles. The Kier molecular flexibility index (Phi) is 8.89. The lowest BCUT2D eigenvalue weighted by Gasteiger charge is -2.31. The Bertz CT molecular complexity index is 659. The second-order valence-corrected chi connectivity index (χ2v) is 6.54. The van der Waals surface area contributed by atoms with Crippen LogP contribution in [0.3, 0.4) is 0 Å². The first-order valence-corrected chi connectivity index (χ1v) is 10.3. The maximum absolute atomic E-state index is 12.7. The van der Waals surface area contributed by atoms with Crippen molar-refractivity contribution in [3.05, 3.63) is 12.1 Å². The molecule has 1 aliphatic rings. The van der Waals surface area contributed by atoms with Gasteiger partial charge in [-0.3, -0.25) is 4.79 Å². The monoisotopic (exact) mass is 408 g/mol. The van der Waals surface area contributed by atoms with Crippen molar-refractivity contribution in [1.29, 1.82) is 0 Å². The summed E-state index contributed by atoms with van der Waals surface area (Å²) in [6.45, 7) is 10.2. The second kappa shape index (κ2) is 11.4. The molecule has 8 nitrogen and oxygen atoms in total. The highest BCUT2D eigenvalue weighted by atomic mass is 16.5. The molecule has 0 aliphatic carbocycles. The lowest BCUT2D eigenvalue weighted by atomic mass is 9.97. The number of benzene rings is 1. The Balaban J connectivity index is 2.08. The molecule has 29 heavy (non-hydrogen) atoms. The zero-order valence-electron chi connectivity index (χ0n) is 17.8. The number of urea groups is 1. The molecular weight excluding hydrogens is 376 g/mol. The van der Waals surface area contributed by atoms with Crippen molar-refractivity contribution < 1.29 is 28.5 Å². The van der Waals surface area contributed by atoms with Crippen molar-refractivity contribution in [1.82, 2.24) is 4.90 Å². The van der Waals surface area contributed by atoms with E-state index in [4.69, 9.17) is 18.9 Å². The van der Waals surface area contributed by atoms with Crippen LogP contribution in [-0.2, 0) is 9.53 Å². The molecule has 1 aliphatic heterocycles. The molecule has 0 bridgehead atoms. The van der Waals surface area contributed by atoms with Crippen LogP contribution in [0.5, 0.6) is 17.2 Å². The zero-order valence-corrected chi connectivity index (χ0v) is 17.8. The van der Waals surface area contributed by atoms with Crippen LogP contribution >= 0.6 is 0 Å². The summed E-state index contributed by atoms with van der Waals surface area (Å²) in [6, 6.07) is 3.25. The summed E-state index contributed by atoms with van der Waals surface area (Å²) >= 11 is 0. The van der Waals surface area contributed by atoms with Crippen LogP contribution in [-0.4, -0.2) is 56.4 Å². The van der Waals surface area contributed by atoms with Crippen molar-refractivity contribution in [3.63, 3.8) is 0 Å². The molecule has 1 aromatic rings. The van der Waals surface area contributed by atoms with E-state index in [2.05, 4.69) is 5.32 Å². The summed E-state index contributed by atoms with van der Waals surface area (Å²) in [4.78, 5) is 26.3. The maximum atomic E-state index is 12.7. The molecule has 1 N–H and O–H groups in total. The number of esters is 1. The van der Waals surface area contributed by atoms with E-state index in [0.717, 1.165) is 0 Å². The number of ether oxygens (including phenoxy) is 4. The standard InChI is InChI=1S/C21H32N2O6/c1-5-26-17-13-16(14-18(27-6-2)19(17)28-7-3)22-21(25)23-11-9-15(10-12-23)20(24)29-8-4/h13-15H,5-12H2,1-4H3,(H,22,25). The number of carbonyl (C=O) groups excluding carboxylic acids is 2. The largest absolute Gasteiger partial charge is 0.490 e. The van der Waals surface area contributed by atoms with Gasteiger partial charge in [-0.15, -0.1) is 0 Å². The fourth-order valence-corrected chi connectivity index (χ4v) is 3.24. The molecule has 0 atom stereocenters. The fraction of sp³-hybridized carbons (Fsp3) is 0.619. The Morgan fingerprint density at radius 1 is 0.931 bits per heavy atom. The van der Waals surface area contributed by atoms with Gasteiger partial charge in [0, 0.05) is 25.2 Å². The molecule has 0 aromatic heterocycles.